The molecule has 1 aromatic heterocycles. The molecule has 13 heavy (non-hydrogen) atoms. The smallest absolute Gasteiger partial charge is 0.0727 e. The van der Waals surface area contributed by atoms with Gasteiger partial charge in [-0.3, -0.25) is 0 Å². The monoisotopic (exact) mass is 277 g/mol. The lowest BCUT2D eigenvalue weighted by atomic mass is 10.2. The highest BCUT2D eigenvalue weighted by Crippen LogP contribution is 2.21. The largest absolute Gasteiger partial charge is 0.393 e. The molecule has 0 aromatic carbocycles. The molecular weight excluding hydrogens is 266 g/mol. The zero-order chi connectivity index (χ0) is 9.68. The standard InChI is InChI=1S/C9H12BrNS2/c10-7-5-8(13-6-7)3-1-2-4-9(11)12/h5-6H,1-4H2,(H2,11,12). The fourth-order valence-electron chi connectivity index (χ4n) is 1.08. The average Bonchev–Trinajstić information content (AvgIpc) is 2.45. The van der Waals surface area contributed by atoms with E-state index in [0.29, 0.717) is 4.99 Å². The lowest BCUT2D eigenvalue weighted by Gasteiger charge is -1.97. The third-order valence-electron chi connectivity index (χ3n) is 1.72. The highest BCUT2D eigenvalue weighted by molar-refractivity contribution is 9.10. The topological polar surface area (TPSA) is 26.0 Å². The Labute approximate surface area is 96.5 Å². The minimum absolute atomic E-state index is 0.632. The van der Waals surface area contributed by atoms with Crippen LogP contribution in [0.15, 0.2) is 15.9 Å². The van der Waals surface area contributed by atoms with Gasteiger partial charge in [-0.05, 0) is 47.7 Å². The number of hydrogen-bond acceptors (Lipinski definition) is 2. The van der Waals surface area contributed by atoms with Gasteiger partial charge in [0.15, 0.2) is 0 Å². The van der Waals surface area contributed by atoms with Gasteiger partial charge < -0.3 is 5.73 Å². The molecule has 0 unspecified atom stereocenters. The normalized spacial score (nSPS) is 10.2. The van der Waals surface area contributed by atoms with E-state index in [0.717, 1.165) is 19.3 Å². The molecule has 2 N–H and O–H groups in total. The van der Waals surface area contributed by atoms with E-state index in [9.17, 15) is 0 Å². The quantitative estimate of drug-likeness (QED) is 0.659. The van der Waals surface area contributed by atoms with E-state index >= 15 is 0 Å². The second kappa shape index (κ2) is 5.73. The minimum Gasteiger partial charge on any atom is -0.393 e. The number of thiocarbonyl (C=S) groups is 1. The van der Waals surface area contributed by atoms with Gasteiger partial charge in [-0.25, -0.2) is 0 Å². The van der Waals surface area contributed by atoms with Gasteiger partial charge in [-0.1, -0.05) is 12.2 Å². The first-order chi connectivity index (χ1) is 6.18. The van der Waals surface area contributed by atoms with Gasteiger partial charge in [-0.2, -0.15) is 0 Å². The SMILES string of the molecule is NC(=S)CCCCc1cc(Br)cs1. The number of halogens is 1. The van der Waals surface area contributed by atoms with Crippen molar-refractivity contribution in [3.05, 3.63) is 20.8 Å². The van der Waals surface area contributed by atoms with Crippen LogP contribution in [0.1, 0.15) is 24.1 Å². The molecule has 0 saturated carbocycles. The molecule has 1 aromatic rings. The van der Waals surface area contributed by atoms with Crippen LogP contribution in [0.3, 0.4) is 0 Å². The Morgan fingerprint density at radius 1 is 1.54 bits per heavy atom. The van der Waals surface area contributed by atoms with Gasteiger partial charge >= 0.3 is 0 Å². The van der Waals surface area contributed by atoms with Crippen LogP contribution in [0, 0.1) is 0 Å². The Morgan fingerprint density at radius 2 is 2.31 bits per heavy atom. The van der Waals surface area contributed by atoms with Crippen LogP contribution in [-0.2, 0) is 6.42 Å². The molecule has 0 saturated heterocycles. The van der Waals surface area contributed by atoms with Crippen LogP contribution < -0.4 is 5.73 Å². The number of hydrogen-bond donors (Lipinski definition) is 1. The maximum Gasteiger partial charge on any atom is 0.0727 e. The fourth-order valence-corrected chi connectivity index (χ4v) is 2.73. The Hall–Kier alpha value is 0.0700. The summed E-state index contributed by atoms with van der Waals surface area (Å²) in [6, 6.07) is 2.17. The molecule has 0 fully saturated rings. The molecule has 0 aliphatic rings. The first-order valence-corrected chi connectivity index (χ1v) is 6.28. The van der Waals surface area contributed by atoms with Crippen molar-refractivity contribution in [2.75, 3.05) is 0 Å². The summed E-state index contributed by atoms with van der Waals surface area (Å²) in [5.41, 5.74) is 5.40. The van der Waals surface area contributed by atoms with E-state index in [-0.39, 0.29) is 0 Å². The molecule has 0 aliphatic carbocycles. The van der Waals surface area contributed by atoms with E-state index < -0.39 is 0 Å². The van der Waals surface area contributed by atoms with Crippen LogP contribution in [-0.4, -0.2) is 4.99 Å². The third-order valence-corrected chi connectivity index (χ3v) is 3.68. The molecule has 1 rings (SSSR count). The Bertz CT molecular complexity index is 283. The second-order valence-electron chi connectivity index (χ2n) is 2.90. The Morgan fingerprint density at radius 3 is 2.85 bits per heavy atom. The highest BCUT2D eigenvalue weighted by atomic mass is 79.9. The summed E-state index contributed by atoms with van der Waals surface area (Å²) in [5, 5.41) is 2.11. The molecule has 4 heteroatoms. The first kappa shape index (κ1) is 11.1. The van der Waals surface area contributed by atoms with Gasteiger partial charge in [0.2, 0.25) is 0 Å². The van der Waals surface area contributed by atoms with Gasteiger partial charge in [-0.15, -0.1) is 11.3 Å². The van der Waals surface area contributed by atoms with Crippen LogP contribution in [0.2, 0.25) is 0 Å². The Kier molecular flexibility index (Phi) is 4.91. The summed E-state index contributed by atoms with van der Waals surface area (Å²) in [4.78, 5) is 2.06. The van der Waals surface area contributed by atoms with Crippen molar-refractivity contribution in [1.29, 1.82) is 0 Å². The van der Waals surface area contributed by atoms with Crippen molar-refractivity contribution >= 4 is 44.5 Å². The fraction of sp³-hybridized carbons (Fsp3) is 0.444. The molecular formula is C9H12BrNS2. The van der Waals surface area contributed by atoms with Crippen molar-refractivity contribution in [1.82, 2.24) is 0 Å². The van der Waals surface area contributed by atoms with Crippen LogP contribution >= 0.6 is 39.5 Å². The summed E-state index contributed by atoms with van der Waals surface area (Å²) in [6.07, 6.45) is 4.29. The molecule has 0 aliphatic heterocycles. The van der Waals surface area contributed by atoms with Gasteiger partial charge in [0, 0.05) is 14.7 Å². The van der Waals surface area contributed by atoms with E-state index in [1.165, 1.54) is 15.8 Å². The first-order valence-electron chi connectivity index (χ1n) is 4.19. The van der Waals surface area contributed by atoms with Crippen molar-refractivity contribution in [3.63, 3.8) is 0 Å². The maximum atomic E-state index is 5.40. The molecule has 1 heterocycles. The van der Waals surface area contributed by atoms with E-state index in [1.807, 2.05) is 0 Å². The third kappa shape index (κ3) is 4.74. The summed E-state index contributed by atoms with van der Waals surface area (Å²) in [7, 11) is 0. The van der Waals surface area contributed by atoms with Gasteiger partial charge in [0.05, 0.1) is 4.99 Å². The summed E-state index contributed by atoms with van der Waals surface area (Å²) in [6.45, 7) is 0. The molecule has 0 radical (unpaired) electrons. The lowest BCUT2D eigenvalue weighted by molar-refractivity contribution is 0.770. The predicted octanol–water partition coefficient (Wildman–Crippen LogP) is 3.51. The summed E-state index contributed by atoms with van der Waals surface area (Å²) in [5.74, 6) is 0. The number of thiophene rings is 1. The summed E-state index contributed by atoms with van der Waals surface area (Å²) >= 11 is 10.0. The van der Waals surface area contributed by atoms with Crippen molar-refractivity contribution in [2.45, 2.75) is 25.7 Å². The molecule has 0 bridgehead atoms. The molecule has 0 spiro atoms. The molecule has 0 atom stereocenters. The molecule has 1 nitrogen and oxygen atoms in total. The lowest BCUT2D eigenvalue weighted by Crippen LogP contribution is -2.06. The van der Waals surface area contributed by atoms with Gasteiger partial charge in [0.25, 0.3) is 0 Å². The number of aryl methyl sites for hydroxylation is 1. The zero-order valence-corrected chi connectivity index (χ0v) is 10.5. The highest BCUT2D eigenvalue weighted by Gasteiger charge is 1.97. The Balaban J connectivity index is 2.16. The van der Waals surface area contributed by atoms with E-state index in [2.05, 4.69) is 27.4 Å². The predicted molar refractivity (Wildman–Crippen MR) is 66.4 cm³/mol. The van der Waals surface area contributed by atoms with Crippen LogP contribution in [0.4, 0.5) is 0 Å². The van der Waals surface area contributed by atoms with E-state index in [4.69, 9.17) is 18.0 Å². The number of rotatable bonds is 5. The second-order valence-corrected chi connectivity index (χ2v) is 5.34. The number of unbranched alkanes of at least 4 members (excludes halogenated alkanes) is 1. The van der Waals surface area contributed by atoms with Crippen LogP contribution in [0.25, 0.3) is 0 Å². The summed E-state index contributed by atoms with van der Waals surface area (Å²) < 4.78 is 1.18. The average molecular weight is 278 g/mol. The number of nitrogens with two attached hydrogens (primary N) is 1. The molecule has 0 amide bonds. The van der Waals surface area contributed by atoms with Crippen molar-refractivity contribution < 1.29 is 0 Å². The van der Waals surface area contributed by atoms with Gasteiger partial charge in [0.1, 0.15) is 0 Å². The van der Waals surface area contributed by atoms with Crippen LogP contribution in [0.5, 0.6) is 0 Å². The maximum absolute atomic E-state index is 5.40. The van der Waals surface area contributed by atoms with Crippen molar-refractivity contribution in [3.8, 4) is 0 Å². The zero-order valence-electron chi connectivity index (χ0n) is 7.25. The van der Waals surface area contributed by atoms with Crippen molar-refractivity contribution in [2.24, 2.45) is 5.73 Å². The van der Waals surface area contributed by atoms with E-state index in [1.54, 1.807) is 11.3 Å². The molecule has 72 valence electrons. The minimum atomic E-state index is 0.632.